The van der Waals surface area contributed by atoms with E-state index in [0.717, 1.165) is 29.7 Å². The number of carbonyl (C=O) groups excluding carboxylic acids is 2. The van der Waals surface area contributed by atoms with Gasteiger partial charge in [0.1, 0.15) is 11.5 Å². The Morgan fingerprint density at radius 2 is 1.97 bits per heavy atom. The summed E-state index contributed by atoms with van der Waals surface area (Å²) < 4.78 is 1.64. The van der Waals surface area contributed by atoms with Crippen LogP contribution in [0.4, 0.5) is 16.4 Å². The second-order valence-corrected chi connectivity index (χ2v) is 7.90. The monoisotopic (exact) mass is 444 g/mol. The Bertz CT molecular complexity index is 1330. The van der Waals surface area contributed by atoms with Crippen LogP contribution in [-0.2, 0) is 0 Å². The van der Waals surface area contributed by atoms with Crippen LogP contribution in [0.2, 0.25) is 0 Å². The number of rotatable bonds is 5. The lowest BCUT2D eigenvalue weighted by atomic mass is 10.2. The third-order valence-corrected chi connectivity index (χ3v) is 5.56. The number of hydrogen-bond acceptors (Lipinski definition) is 6. The summed E-state index contributed by atoms with van der Waals surface area (Å²) in [5, 5.41) is 14.1. The zero-order valence-corrected chi connectivity index (χ0v) is 18.2. The minimum Gasteiger partial charge on any atom is -0.353 e. The van der Waals surface area contributed by atoms with Crippen LogP contribution in [0.3, 0.4) is 0 Å². The number of pyridine rings is 1. The van der Waals surface area contributed by atoms with E-state index in [0.29, 0.717) is 30.2 Å². The molecule has 4 aromatic rings. The van der Waals surface area contributed by atoms with Gasteiger partial charge in [0, 0.05) is 31.1 Å². The molecule has 1 saturated heterocycles. The summed E-state index contributed by atoms with van der Waals surface area (Å²) >= 11 is 0. The minimum atomic E-state index is -0.305. The Morgan fingerprint density at radius 3 is 2.85 bits per heavy atom. The van der Waals surface area contributed by atoms with E-state index in [2.05, 4.69) is 35.9 Å². The van der Waals surface area contributed by atoms with Gasteiger partial charge < -0.3 is 15.5 Å². The molecule has 168 valence electrons. The molecule has 1 fully saturated rings. The van der Waals surface area contributed by atoms with E-state index in [4.69, 9.17) is 0 Å². The highest BCUT2D eigenvalue weighted by Crippen LogP contribution is 2.20. The van der Waals surface area contributed by atoms with Crippen LogP contribution in [0.15, 0.2) is 54.7 Å². The van der Waals surface area contributed by atoms with E-state index in [1.54, 1.807) is 16.8 Å². The van der Waals surface area contributed by atoms with Crippen LogP contribution in [0.5, 0.6) is 0 Å². The van der Waals surface area contributed by atoms with Gasteiger partial charge in [-0.1, -0.05) is 24.3 Å². The number of nitrogens with zero attached hydrogens (tertiary/aromatic N) is 5. The van der Waals surface area contributed by atoms with Gasteiger partial charge in [0.15, 0.2) is 11.5 Å². The number of anilines is 2. The van der Waals surface area contributed by atoms with Crippen molar-refractivity contribution in [3.63, 3.8) is 0 Å². The molecule has 3 amide bonds. The molecular weight excluding hydrogens is 420 g/mol. The number of fused-ring (bicyclic) bond motifs is 2. The second-order valence-electron chi connectivity index (χ2n) is 7.90. The Hall–Kier alpha value is -4.21. The fourth-order valence-corrected chi connectivity index (χ4v) is 3.96. The Balaban J connectivity index is 1.24. The smallest absolute Gasteiger partial charge is 0.320 e. The lowest BCUT2D eigenvalue weighted by Gasteiger charge is -2.17. The molecule has 10 heteroatoms. The van der Waals surface area contributed by atoms with E-state index in [9.17, 15) is 9.59 Å². The first-order valence-electron chi connectivity index (χ1n) is 10.9. The first kappa shape index (κ1) is 20.7. The topological polar surface area (TPSA) is 117 Å². The van der Waals surface area contributed by atoms with Crippen LogP contribution in [0.1, 0.15) is 23.8 Å². The first-order chi connectivity index (χ1) is 16.1. The molecule has 1 aromatic carbocycles. The van der Waals surface area contributed by atoms with Crippen molar-refractivity contribution in [2.75, 3.05) is 29.9 Å². The van der Waals surface area contributed by atoms with Crippen molar-refractivity contribution in [2.24, 2.45) is 0 Å². The maximum Gasteiger partial charge on any atom is 0.320 e. The average molecular weight is 444 g/mol. The summed E-state index contributed by atoms with van der Waals surface area (Å²) in [4.78, 5) is 35.4. The molecule has 0 radical (unpaired) electrons. The number of urea groups is 1. The number of carbonyl (C=O) groups is 2. The molecule has 0 saturated carbocycles. The number of benzene rings is 1. The SMILES string of the molecule is CCNC(=O)Nc1cn2nc(N3CC[C@H](NC(=O)c4ccc5ccccc5n4)C3)ccc2n1. The van der Waals surface area contributed by atoms with Crippen molar-refractivity contribution in [2.45, 2.75) is 19.4 Å². The number of aromatic nitrogens is 4. The number of imidazole rings is 1. The molecule has 10 nitrogen and oxygen atoms in total. The van der Waals surface area contributed by atoms with Crippen LogP contribution < -0.4 is 20.9 Å². The summed E-state index contributed by atoms with van der Waals surface area (Å²) in [6, 6.07) is 14.9. The molecule has 1 aliphatic rings. The van der Waals surface area contributed by atoms with Gasteiger partial charge in [0.05, 0.1) is 11.7 Å². The van der Waals surface area contributed by atoms with Gasteiger partial charge in [-0.3, -0.25) is 10.1 Å². The first-order valence-corrected chi connectivity index (χ1v) is 10.9. The van der Waals surface area contributed by atoms with E-state index < -0.39 is 0 Å². The second kappa shape index (κ2) is 8.73. The van der Waals surface area contributed by atoms with Crippen molar-refractivity contribution in [3.05, 3.63) is 60.4 Å². The highest BCUT2D eigenvalue weighted by Gasteiger charge is 2.26. The van der Waals surface area contributed by atoms with Gasteiger partial charge in [-0.05, 0) is 37.6 Å². The maximum absolute atomic E-state index is 12.7. The standard InChI is InChI=1S/C23H24N8O2/c1-2-24-23(33)28-19-14-31-20(27-19)9-10-21(29-31)30-12-11-16(13-30)25-22(32)18-8-7-15-5-3-4-6-17(15)26-18/h3-10,14,16H,2,11-13H2,1H3,(H,25,32)(H2,24,28,33)/t16-/m0/s1. The average Bonchev–Trinajstić information content (AvgIpc) is 3.44. The largest absolute Gasteiger partial charge is 0.353 e. The molecule has 0 unspecified atom stereocenters. The van der Waals surface area contributed by atoms with Gasteiger partial charge in [0.25, 0.3) is 5.91 Å². The third-order valence-electron chi connectivity index (χ3n) is 5.56. The minimum absolute atomic E-state index is 0.000946. The van der Waals surface area contributed by atoms with E-state index in [1.807, 2.05) is 49.4 Å². The van der Waals surface area contributed by atoms with Crippen molar-refractivity contribution in [1.82, 2.24) is 30.2 Å². The predicted molar refractivity (Wildman–Crippen MR) is 126 cm³/mol. The molecule has 0 spiro atoms. The van der Waals surface area contributed by atoms with E-state index in [-0.39, 0.29) is 18.0 Å². The molecule has 0 bridgehead atoms. The Labute approximate surface area is 190 Å². The molecule has 4 heterocycles. The van der Waals surface area contributed by atoms with Crippen molar-refractivity contribution < 1.29 is 9.59 Å². The maximum atomic E-state index is 12.7. The van der Waals surface area contributed by atoms with Crippen LogP contribution in [-0.4, -0.2) is 57.2 Å². The number of amides is 3. The molecule has 0 aliphatic carbocycles. The predicted octanol–water partition coefficient (Wildman–Crippen LogP) is 2.43. The van der Waals surface area contributed by atoms with Crippen LogP contribution >= 0.6 is 0 Å². The zero-order valence-electron chi connectivity index (χ0n) is 18.2. The van der Waals surface area contributed by atoms with Gasteiger partial charge in [-0.2, -0.15) is 0 Å². The Morgan fingerprint density at radius 1 is 1.09 bits per heavy atom. The molecule has 1 aliphatic heterocycles. The van der Waals surface area contributed by atoms with Gasteiger partial charge >= 0.3 is 6.03 Å². The number of hydrogen-bond donors (Lipinski definition) is 3. The Kier molecular flexibility index (Phi) is 5.47. The number of nitrogens with one attached hydrogen (secondary N) is 3. The fraction of sp³-hybridized carbons (Fsp3) is 0.261. The normalized spacial score (nSPS) is 15.7. The van der Waals surface area contributed by atoms with Crippen LogP contribution in [0.25, 0.3) is 16.6 Å². The molecule has 33 heavy (non-hydrogen) atoms. The lowest BCUT2D eigenvalue weighted by Crippen LogP contribution is -2.37. The molecule has 5 rings (SSSR count). The van der Waals surface area contributed by atoms with E-state index in [1.165, 1.54) is 0 Å². The molecule has 3 N–H and O–H groups in total. The summed E-state index contributed by atoms with van der Waals surface area (Å²) in [5.74, 6) is 1.04. The summed E-state index contributed by atoms with van der Waals surface area (Å²) in [6.45, 7) is 3.80. The van der Waals surface area contributed by atoms with Crippen LogP contribution in [0, 0.1) is 0 Å². The quantitative estimate of drug-likeness (QED) is 0.435. The van der Waals surface area contributed by atoms with Crippen molar-refractivity contribution in [3.8, 4) is 0 Å². The summed E-state index contributed by atoms with van der Waals surface area (Å²) in [6.07, 6.45) is 2.49. The lowest BCUT2D eigenvalue weighted by molar-refractivity contribution is 0.0935. The van der Waals surface area contributed by atoms with Crippen molar-refractivity contribution in [1.29, 1.82) is 0 Å². The molecule has 3 aromatic heterocycles. The number of para-hydroxylation sites is 1. The van der Waals surface area contributed by atoms with Gasteiger partial charge in [0.2, 0.25) is 0 Å². The zero-order chi connectivity index (χ0) is 22.8. The van der Waals surface area contributed by atoms with Gasteiger partial charge in [-0.15, -0.1) is 5.10 Å². The fourth-order valence-electron chi connectivity index (χ4n) is 3.96. The molecular formula is C23H24N8O2. The highest BCUT2D eigenvalue weighted by molar-refractivity contribution is 5.95. The van der Waals surface area contributed by atoms with Gasteiger partial charge in [-0.25, -0.2) is 19.3 Å². The van der Waals surface area contributed by atoms with Crippen molar-refractivity contribution >= 4 is 40.1 Å². The van der Waals surface area contributed by atoms with E-state index >= 15 is 0 Å². The highest BCUT2D eigenvalue weighted by atomic mass is 16.2. The molecule has 1 atom stereocenters. The third kappa shape index (κ3) is 4.40. The summed E-state index contributed by atoms with van der Waals surface area (Å²) in [5.41, 5.74) is 1.85. The summed E-state index contributed by atoms with van der Waals surface area (Å²) in [7, 11) is 0.